The van der Waals surface area contributed by atoms with Gasteiger partial charge in [-0.05, 0) is 31.2 Å². The molecule has 2 rings (SSSR count). The van der Waals surface area contributed by atoms with Crippen molar-refractivity contribution in [2.75, 3.05) is 18.1 Å². The molecule has 0 atom stereocenters. The fraction of sp³-hybridized carbons (Fsp3) is 0.455. The summed E-state index contributed by atoms with van der Waals surface area (Å²) in [4.78, 5) is 4.67. The van der Waals surface area contributed by atoms with Crippen molar-refractivity contribution in [3.05, 3.63) is 23.9 Å². The van der Waals surface area contributed by atoms with Gasteiger partial charge in [0.25, 0.3) is 0 Å². The number of aromatic nitrogens is 1. The molecule has 1 saturated carbocycles. The highest BCUT2D eigenvalue weighted by Crippen LogP contribution is 2.47. The normalized spacial score (nSPS) is 16.8. The van der Waals surface area contributed by atoms with Crippen LogP contribution in [0.5, 0.6) is 0 Å². The molecule has 0 saturated heterocycles. The molecule has 0 amide bonds. The van der Waals surface area contributed by atoms with E-state index < -0.39 is 0 Å². The lowest BCUT2D eigenvalue weighted by molar-refractivity contribution is 0.940. The zero-order valence-electron chi connectivity index (χ0n) is 9.19. The molecule has 0 unspecified atom stereocenters. The van der Waals surface area contributed by atoms with Gasteiger partial charge in [-0.1, -0.05) is 12.2 Å². The summed E-state index contributed by atoms with van der Waals surface area (Å²) in [6.45, 7) is 0.931. The lowest BCUT2D eigenvalue weighted by atomic mass is 10.2. The van der Waals surface area contributed by atoms with Gasteiger partial charge in [-0.2, -0.15) is 11.8 Å². The van der Waals surface area contributed by atoms with Gasteiger partial charge < -0.3 is 11.1 Å². The van der Waals surface area contributed by atoms with E-state index in [4.69, 9.17) is 18.0 Å². The molecule has 5 heteroatoms. The first-order chi connectivity index (χ1) is 7.67. The summed E-state index contributed by atoms with van der Waals surface area (Å²) in [7, 11) is 0. The molecule has 0 aromatic carbocycles. The van der Waals surface area contributed by atoms with Gasteiger partial charge in [0.05, 0.1) is 5.56 Å². The van der Waals surface area contributed by atoms with Crippen LogP contribution in [0.3, 0.4) is 0 Å². The minimum absolute atomic E-state index is 0.393. The highest BCUT2D eigenvalue weighted by atomic mass is 32.2. The molecule has 1 aromatic rings. The number of hydrogen-bond donors (Lipinski definition) is 2. The molecule has 16 heavy (non-hydrogen) atoms. The van der Waals surface area contributed by atoms with E-state index in [0.29, 0.717) is 9.74 Å². The molecule has 3 N–H and O–H groups in total. The summed E-state index contributed by atoms with van der Waals surface area (Å²) in [5.41, 5.74) is 6.48. The van der Waals surface area contributed by atoms with Gasteiger partial charge >= 0.3 is 0 Å². The van der Waals surface area contributed by atoms with Gasteiger partial charge in [-0.3, -0.25) is 0 Å². The Morgan fingerprint density at radius 1 is 1.69 bits per heavy atom. The standard InChI is InChI=1S/C11H15N3S2/c1-16-11(4-5-11)7-14-10-8(9(12)15)3-2-6-13-10/h2-3,6H,4-5,7H2,1H3,(H2,12,15)(H,13,14). The number of pyridine rings is 1. The molecule has 3 nitrogen and oxygen atoms in total. The van der Waals surface area contributed by atoms with Crippen LogP contribution in [0, 0.1) is 0 Å². The average Bonchev–Trinajstić information content (AvgIpc) is 3.07. The summed E-state index contributed by atoms with van der Waals surface area (Å²) < 4.78 is 0.408. The third-order valence-corrected chi connectivity index (χ3v) is 4.53. The van der Waals surface area contributed by atoms with Crippen LogP contribution in [-0.2, 0) is 0 Å². The lowest BCUT2D eigenvalue weighted by Crippen LogP contribution is -2.21. The Morgan fingerprint density at radius 3 is 3.00 bits per heavy atom. The van der Waals surface area contributed by atoms with Crippen molar-refractivity contribution in [3.63, 3.8) is 0 Å². The summed E-state index contributed by atoms with van der Waals surface area (Å²) in [6, 6.07) is 3.75. The number of thiocarbonyl (C=S) groups is 1. The van der Waals surface area contributed by atoms with Crippen molar-refractivity contribution in [2.24, 2.45) is 5.73 Å². The molecule has 1 aliphatic rings. The lowest BCUT2D eigenvalue weighted by Gasteiger charge is -2.15. The van der Waals surface area contributed by atoms with Gasteiger partial charge in [-0.25, -0.2) is 4.98 Å². The number of thioether (sulfide) groups is 1. The molecular weight excluding hydrogens is 238 g/mol. The van der Waals surface area contributed by atoms with Gasteiger partial charge in [0.1, 0.15) is 10.8 Å². The maximum Gasteiger partial charge on any atom is 0.136 e. The van der Waals surface area contributed by atoms with E-state index in [1.807, 2.05) is 23.9 Å². The second kappa shape index (κ2) is 4.59. The SMILES string of the molecule is CSC1(CNc2ncccc2C(N)=S)CC1. The van der Waals surface area contributed by atoms with Crippen LogP contribution in [-0.4, -0.2) is 27.5 Å². The third kappa shape index (κ3) is 2.47. The Morgan fingerprint density at radius 2 is 2.44 bits per heavy atom. The van der Waals surface area contributed by atoms with Crippen LogP contribution < -0.4 is 11.1 Å². The number of nitrogens with two attached hydrogens (primary N) is 1. The number of nitrogens with one attached hydrogen (secondary N) is 1. The molecule has 0 radical (unpaired) electrons. The van der Waals surface area contributed by atoms with Crippen molar-refractivity contribution in [3.8, 4) is 0 Å². The van der Waals surface area contributed by atoms with Crippen LogP contribution in [0.25, 0.3) is 0 Å². The van der Waals surface area contributed by atoms with Gasteiger partial charge in [0.15, 0.2) is 0 Å². The summed E-state index contributed by atoms with van der Waals surface area (Å²) in [5.74, 6) is 0.801. The summed E-state index contributed by atoms with van der Waals surface area (Å²) in [5, 5.41) is 3.35. The highest BCUT2D eigenvalue weighted by Gasteiger charge is 2.41. The molecule has 0 bridgehead atoms. The zero-order valence-corrected chi connectivity index (χ0v) is 10.8. The quantitative estimate of drug-likeness (QED) is 0.786. The molecule has 86 valence electrons. The largest absolute Gasteiger partial charge is 0.389 e. The Hall–Kier alpha value is -0.810. The molecule has 1 aliphatic carbocycles. The Labute approximate surface area is 105 Å². The van der Waals surface area contributed by atoms with E-state index in [-0.39, 0.29) is 0 Å². The van der Waals surface area contributed by atoms with Crippen molar-refractivity contribution in [1.29, 1.82) is 0 Å². The number of hydrogen-bond acceptors (Lipinski definition) is 4. The Kier molecular flexibility index (Phi) is 3.35. The van der Waals surface area contributed by atoms with Crippen LogP contribution in [0.15, 0.2) is 18.3 Å². The predicted octanol–water partition coefficient (Wildman–Crippen LogP) is 2.02. The van der Waals surface area contributed by atoms with Crippen molar-refractivity contribution < 1.29 is 0 Å². The van der Waals surface area contributed by atoms with E-state index in [1.54, 1.807) is 6.20 Å². The van der Waals surface area contributed by atoms with Crippen LogP contribution in [0.4, 0.5) is 5.82 Å². The van der Waals surface area contributed by atoms with Crippen molar-refractivity contribution in [1.82, 2.24) is 4.98 Å². The van der Waals surface area contributed by atoms with E-state index in [0.717, 1.165) is 17.9 Å². The molecule has 1 fully saturated rings. The van der Waals surface area contributed by atoms with Crippen LogP contribution >= 0.6 is 24.0 Å². The Bertz CT molecular complexity index is 402. The van der Waals surface area contributed by atoms with Crippen molar-refractivity contribution >= 4 is 34.8 Å². The van der Waals surface area contributed by atoms with Crippen molar-refractivity contribution in [2.45, 2.75) is 17.6 Å². The van der Waals surface area contributed by atoms with Crippen LogP contribution in [0.1, 0.15) is 18.4 Å². The maximum atomic E-state index is 5.65. The molecular formula is C11H15N3S2. The molecule has 1 aromatic heterocycles. The average molecular weight is 253 g/mol. The minimum atomic E-state index is 0.393. The van der Waals surface area contributed by atoms with E-state index in [2.05, 4.69) is 16.6 Å². The number of nitrogens with zero attached hydrogens (tertiary/aromatic N) is 1. The first-order valence-electron chi connectivity index (χ1n) is 5.21. The third-order valence-electron chi connectivity index (χ3n) is 2.89. The first-order valence-corrected chi connectivity index (χ1v) is 6.84. The number of rotatable bonds is 5. The first kappa shape index (κ1) is 11.7. The Balaban J connectivity index is 2.06. The fourth-order valence-electron chi connectivity index (χ4n) is 1.58. The topological polar surface area (TPSA) is 50.9 Å². The van der Waals surface area contributed by atoms with E-state index in [1.165, 1.54) is 12.8 Å². The molecule has 0 spiro atoms. The van der Waals surface area contributed by atoms with Crippen LogP contribution in [0.2, 0.25) is 0 Å². The fourth-order valence-corrected chi connectivity index (χ4v) is 2.47. The predicted molar refractivity (Wildman–Crippen MR) is 74.1 cm³/mol. The van der Waals surface area contributed by atoms with E-state index >= 15 is 0 Å². The number of anilines is 1. The highest BCUT2D eigenvalue weighted by molar-refractivity contribution is 8.00. The van der Waals surface area contributed by atoms with E-state index in [9.17, 15) is 0 Å². The summed E-state index contributed by atoms with van der Waals surface area (Å²) >= 11 is 6.91. The second-order valence-corrected chi connectivity index (χ2v) is 5.72. The summed E-state index contributed by atoms with van der Waals surface area (Å²) in [6.07, 6.45) is 6.46. The maximum absolute atomic E-state index is 5.65. The zero-order chi connectivity index (χ0) is 11.6. The molecule has 0 aliphatic heterocycles. The molecule has 1 heterocycles. The monoisotopic (exact) mass is 253 g/mol. The minimum Gasteiger partial charge on any atom is -0.389 e. The second-order valence-electron chi connectivity index (χ2n) is 4.00. The van der Waals surface area contributed by atoms with Gasteiger partial charge in [0.2, 0.25) is 0 Å². The smallest absolute Gasteiger partial charge is 0.136 e. The van der Waals surface area contributed by atoms with Gasteiger partial charge in [0, 0.05) is 17.5 Å². The van der Waals surface area contributed by atoms with Gasteiger partial charge in [-0.15, -0.1) is 0 Å².